The Morgan fingerprint density at radius 2 is 2.18 bits per heavy atom. The fourth-order valence-corrected chi connectivity index (χ4v) is 6.48. The first-order valence-electron chi connectivity index (χ1n) is 10.7. The standard InChI is InChI=1S/C21H21N9O5S3/c1-3-4-35-28-13(10-8-38-21(24)25-10)16(31)27-14-17(32)30-15(19(33)34)9(7-37-18(14)30)6-36-12-5-11(22)29(2)20(23)26-12/h1,5,8,14,18H,4,6-7H2,2H3,(H7,22,23,24,25,26,27,31,33,34)/b28-13-/t14-,18-/m1/s1. The van der Waals surface area contributed by atoms with Crippen LogP contribution in [0.15, 0.2) is 32.9 Å². The Bertz CT molecular complexity index is 1390. The van der Waals surface area contributed by atoms with Crippen LogP contribution < -0.4 is 32.2 Å². The third-order valence-electron chi connectivity index (χ3n) is 5.43. The summed E-state index contributed by atoms with van der Waals surface area (Å²) in [5, 5.41) is 19.9. The lowest BCUT2D eigenvalue weighted by molar-refractivity contribution is -0.645. The summed E-state index contributed by atoms with van der Waals surface area (Å²) in [5.74, 6) is 0.412. The average Bonchev–Trinajstić information content (AvgIpc) is 3.31. The van der Waals surface area contributed by atoms with E-state index in [1.54, 1.807) is 13.1 Å². The second-order valence-electron chi connectivity index (χ2n) is 7.81. The summed E-state index contributed by atoms with van der Waals surface area (Å²) in [6, 6.07) is 0.599. The molecule has 38 heavy (non-hydrogen) atoms. The van der Waals surface area contributed by atoms with Crippen LogP contribution in [0.2, 0.25) is 0 Å². The summed E-state index contributed by atoms with van der Waals surface area (Å²) in [6.45, 7) is -0.193. The number of rotatable bonds is 9. The maximum absolute atomic E-state index is 13.0. The largest absolute Gasteiger partial charge is 0.543 e. The molecule has 4 heterocycles. The van der Waals surface area contributed by atoms with Crippen LogP contribution in [0.4, 0.5) is 16.9 Å². The predicted octanol–water partition coefficient (Wildman–Crippen LogP) is -2.34. The molecule has 0 bridgehead atoms. The van der Waals surface area contributed by atoms with Crippen molar-refractivity contribution in [3.8, 4) is 12.3 Å². The van der Waals surface area contributed by atoms with Crippen molar-refractivity contribution in [2.75, 3.05) is 35.3 Å². The second-order valence-corrected chi connectivity index (χ2v) is 10.8. The molecule has 0 aromatic carbocycles. The van der Waals surface area contributed by atoms with E-state index < -0.39 is 29.2 Å². The minimum absolute atomic E-state index is 0.140. The summed E-state index contributed by atoms with van der Waals surface area (Å²) in [4.78, 5) is 52.3. The molecule has 0 spiro atoms. The molecule has 1 saturated heterocycles. The van der Waals surface area contributed by atoms with Crippen LogP contribution >= 0.6 is 34.9 Å². The molecule has 2 aliphatic heterocycles. The highest BCUT2D eigenvalue weighted by Crippen LogP contribution is 2.41. The first-order valence-corrected chi connectivity index (χ1v) is 13.6. The normalized spacial score (nSPS) is 18.9. The Morgan fingerprint density at radius 1 is 1.42 bits per heavy atom. The summed E-state index contributed by atoms with van der Waals surface area (Å²) >= 11 is 3.61. The molecule has 7 N–H and O–H groups in total. The fourth-order valence-electron chi connectivity index (χ4n) is 3.54. The molecule has 4 rings (SSSR count). The van der Waals surface area contributed by atoms with E-state index in [1.807, 2.05) is 0 Å². The van der Waals surface area contributed by atoms with Crippen molar-refractivity contribution in [1.29, 1.82) is 0 Å². The SMILES string of the molecule is C#CCO/N=C(\C(=O)N[C@@H]1C(=O)N2C(C(=O)[O-])=C(CSc3cc(N)[n+](C)c(N)n3)CS[C@H]12)c1csc(N)n1. The van der Waals surface area contributed by atoms with E-state index in [1.165, 1.54) is 33.5 Å². The van der Waals surface area contributed by atoms with Gasteiger partial charge < -0.3 is 37.3 Å². The highest BCUT2D eigenvalue weighted by Gasteiger charge is 2.53. The van der Waals surface area contributed by atoms with Gasteiger partial charge in [-0.3, -0.25) is 14.5 Å². The third-order valence-corrected chi connectivity index (χ3v) is 8.44. The van der Waals surface area contributed by atoms with Gasteiger partial charge in [-0.25, -0.2) is 9.55 Å². The molecule has 14 nitrogen and oxygen atoms in total. The topological polar surface area (TPSA) is 219 Å². The van der Waals surface area contributed by atoms with Crippen molar-refractivity contribution in [2.45, 2.75) is 16.4 Å². The van der Waals surface area contributed by atoms with Gasteiger partial charge in [0.25, 0.3) is 11.8 Å². The van der Waals surface area contributed by atoms with E-state index in [2.05, 4.69) is 26.4 Å². The maximum atomic E-state index is 13.0. The fraction of sp³-hybridized carbons (Fsp3) is 0.286. The smallest absolute Gasteiger partial charge is 0.345 e. The van der Waals surface area contributed by atoms with E-state index in [0.29, 0.717) is 16.4 Å². The van der Waals surface area contributed by atoms with Crippen LogP contribution in [0.1, 0.15) is 5.69 Å². The molecule has 17 heteroatoms. The monoisotopic (exact) mass is 575 g/mol. The molecule has 2 atom stereocenters. The van der Waals surface area contributed by atoms with Crippen molar-refractivity contribution in [3.05, 3.63) is 28.4 Å². The number of fused-ring (bicyclic) bond motifs is 1. The number of aliphatic carboxylic acids is 1. The number of carbonyl (C=O) groups is 3. The summed E-state index contributed by atoms with van der Waals surface area (Å²) in [6.07, 6.45) is 5.15. The number of hydrogen-bond donors (Lipinski definition) is 4. The number of β-lactam (4-membered cyclic amide) rings is 1. The van der Waals surface area contributed by atoms with Crippen LogP contribution in [0.5, 0.6) is 0 Å². The van der Waals surface area contributed by atoms with E-state index in [9.17, 15) is 19.5 Å². The predicted molar refractivity (Wildman–Crippen MR) is 140 cm³/mol. The molecular formula is C21H21N9O5S3. The Morgan fingerprint density at radius 3 is 2.82 bits per heavy atom. The zero-order valence-corrected chi connectivity index (χ0v) is 22.2. The number of nitrogen functional groups attached to an aromatic ring is 3. The number of carboxylic acid groups (broad SMARTS) is 1. The number of terminal acetylenes is 1. The molecule has 0 aliphatic carbocycles. The molecule has 2 aromatic rings. The van der Waals surface area contributed by atoms with Crippen LogP contribution in [-0.2, 0) is 26.3 Å². The van der Waals surface area contributed by atoms with Gasteiger partial charge in [0.05, 0.1) is 18.7 Å². The molecule has 0 unspecified atom stereocenters. The summed E-state index contributed by atoms with van der Waals surface area (Å²) in [7, 11) is 1.66. The molecule has 2 aliphatic rings. The first kappa shape index (κ1) is 27.0. The van der Waals surface area contributed by atoms with Crippen LogP contribution in [-0.4, -0.2) is 67.9 Å². The number of nitrogens with zero attached hydrogens (tertiary/aromatic N) is 5. The lowest BCUT2D eigenvalue weighted by Crippen LogP contribution is -2.71. The van der Waals surface area contributed by atoms with E-state index in [0.717, 1.165) is 16.2 Å². The highest BCUT2D eigenvalue weighted by molar-refractivity contribution is 8.01. The molecule has 198 valence electrons. The van der Waals surface area contributed by atoms with Crippen molar-refractivity contribution in [1.82, 2.24) is 20.2 Å². The van der Waals surface area contributed by atoms with E-state index in [-0.39, 0.29) is 46.3 Å². The lowest BCUT2D eigenvalue weighted by Gasteiger charge is -2.50. The number of thiazole rings is 1. The Labute approximate surface area is 228 Å². The number of amides is 2. The van der Waals surface area contributed by atoms with Gasteiger partial charge in [-0.05, 0) is 5.57 Å². The van der Waals surface area contributed by atoms with E-state index in [4.69, 9.17) is 28.5 Å². The number of anilines is 3. The third kappa shape index (κ3) is 5.32. The van der Waals surface area contributed by atoms with Crippen LogP contribution in [0.25, 0.3) is 0 Å². The van der Waals surface area contributed by atoms with Crippen LogP contribution in [0.3, 0.4) is 0 Å². The van der Waals surface area contributed by atoms with Crippen LogP contribution in [0, 0.1) is 12.3 Å². The van der Waals surface area contributed by atoms with Crippen molar-refractivity contribution < 1.29 is 28.9 Å². The van der Waals surface area contributed by atoms with Gasteiger partial charge in [0, 0.05) is 23.0 Å². The van der Waals surface area contributed by atoms with Gasteiger partial charge in [0.1, 0.15) is 17.1 Å². The summed E-state index contributed by atoms with van der Waals surface area (Å²) in [5.41, 5.74) is 17.5. The molecule has 0 saturated carbocycles. The first-order chi connectivity index (χ1) is 18.1. The maximum Gasteiger partial charge on any atom is 0.345 e. The number of nitrogens with two attached hydrogens (primary N) is 3. The number of carboxylic acids is 1. The van der Waals surface area contributed by atoms with Crippen molar-refractivity contribution >= 4 is 75.3 Å². The minimum atomic E-state index is -1.50. The lowest BCUT2D eigenvalue weighted by atomic mass is 10.0. The Kier molecular flexibility index (Phi) is 7.94. The van der Waals surface area contributed by atoms with Gasteiger partial charge >= 0.3 is 5.95 Å². The van der Waals surface area contributed by atoms with Gasteiger partial charge in [-0.1, -0.05) is 22.8 Å². The zero-order valence-electron chi connectivity index (χ0n) is 19.7. The van der Waals surface area contributed by atoms with E-state index >= 15 is 0 Å². The Balaban J connectivity index is 1.50. The van der Waals surface area contributed by atoms with Gasteiger partial charge in [0.2, 0.25) is 0 Å². The number of oxime groups is 1. The molecule has 0 radical (unpaired) electrons. The molecular weight excluding hydrogens is 554 g/mol. The number of aromatic nitrogens is 3. The van der Waals surface area contributed by atoms with Crippen molar-refractivity contribution in [2.24, 2.45) is 12.2 Å². The zero-order chi connectivity index (χ0) is 27.6. The van der Waals surface area contributed by atoms with Gasteiger partial charge in [0.15, 0.2) is 28.3 Å². The molecule has 2 aromatic heterocycles. The number of nitrogens with one attached hydrogen (secondary N) is 1. The molecule has 1 fully saturated rings. The van der Waals surface area contributed by atoms with Gasteiger partial charge in [-0.2, -0.15) is 0 Å². The molecule has 2 amide bonds. The Hall–Kier alpha value is -4.01. The number of thioether (sulfide) groups is 2. The number of carbonyl (C=O) groups excluding carboxylic acids is 3. The van der Waals surface area contributed by atoms with Gasteiger partial charge in [-0.15, -0.1) is 34.5 Å². The minimum Gasteiger partial charge on any atom is -0.543 e. The highest BCUT2D eigenvalue weighted by atomic mass is 32.2. The summed E-state index contributed by atoms with van der Waals surface area (Å²) < 4.78 is 1.50. The number of hydrogen-bond acceptors (Lipinski definition) is 14. The average molecular weight is 576 g/mol. The second kappa shape index (κ2) is 11.2. The van der Waals surface area contributed by atoms with Crippen molar-refractivity contribution in [3.63, 3.8) is 0 Å². The quantitative estimate of drug-likeness (QED) is 0.0361.